The molecule has 1 aliphatic heterocycles. The molecule has 0 saturated carbocycles. The molecule has 4 heterocycles. The minimum Gasteiger partial charge on any atom is -0.480 e. The van der Waals surface area contributed by atoms with E-state index in [2.05, 4.69) is 15.0 Å². The quantitative estimate of drug-likeness (QED) is 0.373. The number of aryl methyl sites for hydroxylation is 1. The predicted octanol–water partition coefficient (Wildman–Crippen LogP) is 2.49. The average molecular weight is 474 g/mol. The van der Waals surface area contributed by atoms with E-state index in [0.717, 1.165) is 37.0 Å². The van der Waals surface area contributed by atoms with Crippen molar-refractivity contribution < 1.29 is 23.7 Å². The summed E-state index contributed by atoms with van der Waals surface area (Å²) in [6.07, 6.45) is 4.66. The number of furan rings is 1. The molecule has 0 atom stereocenters. The van der Waals surface area contributed by atoms with Crippen molar-refractivity contribution in [3.05, 3.63) is 46.3 Å². The third-order valence-electron chi connectivity index (χ3n) is 5.97. The van der Waals surface area contributed by atoms with Gasteiger partial charge in [-0.3, -0.25) is 9.59 Å². The number of anilines is 1. The van der Waals surface area contributed by atoms with E-state index in [1.54, 1.807) is 25.3 Å². The van der Waals surface area contributed by atoms with Gasteiger partial charge >= 0.3 is 0 Å². The number of piperidine rings is 1. The summed E-state index contributed by atoms with van der Waals surface area (Å²) in [4.78, 5) is 50.5. The second-order valence-electron chi connectivity index (χ2n) is 8.21. The Bertz CT molecular complexity index is 1200. The topological polar surface area (TPSA) is 131 Å². The third-order valence-corrected chi connectivity index (χ3v) is 6.62. The third kappa shape index (κ3) is 5.24. The van der Waals surface area contributed by atoms with Crippen LogP contribution < -0.4 is 15.2 Å². The molecule has 4 rings (SSSR count). The molecular weight excluding hydrogens is 447 g/mol. The number of methoxy groups -OCH3 is 1. The summed E-state index contributed by atoms with van der Waals surface area (Å²) in [6.45, 7) is 3.06. The van der Waals surface area contributed by atoms with Gasteiger partial charge in [0.25, 0.3) is 5.56 Å². The van der Waals surface area contributed by atoms with Crippen molar-refractivity contribution in [1.82, 2.24) is 14.8 Å². The zero-order chi connectivity index (χ0) is 23.5. The molecule has 0 radical (unpaired) electrons. The van der Waals surface area contributed by atoms with Crippen molar-refractivity contribution >= 4 is 30.7 Å². The van der Waals surface area contributed by atoms with Crippen LogP contribution in [0.4, 0.5) is 5.82 Å². The maximum absolute atomic E-state index is 13.1. The van der Waals surface area contributed by atoms with Crippen molar-refractivity contribution in [3.63, 3.8) is 0 Å². The van der Waals surface area contributed by atoms with Crippen LogP contribution in [0.1, 0.15) is 35.6 Å². The van der Waals surface area contributed by atoms with E-state index in [1.807, 2.05) is 6.07 Å². The molecule has 1 saturated heterocycles. The number of rotatable bonds is 8. The van der Waals surface area contributed by atoms with E-state index in [1.165, 1.54) is 7.11 Å². The van der Waals surface area contributed by atoms with Crippen molar-refractivity contribution in [1.29, 1.82) is 0 Å². The molecule has 11 heteroatoms. The molecule has 0 unspecified atom stereocenters. The lowest BCUT2D eigenvalue weighted by Crippen LogP contribution is -2.34. The van der Waals surface area contributed by atoms with Crippen LogP contribution in [0.2, 0.25) is 0 Å². The van der Waals surface area contributed by atoms with E-state index in [4.69, 9.17) is 18.9 Å². The van der Waals surface area contributed by atoms with Gasteiger partial charge in [-0.25, -0.2) is 4.68 Å². The Balaban J connectivity index is 1.55. The van der Waals surface area contributed by atoms with E-state index < -0.39 is 13.9 Å². The first-order chi connectivity index (χ1) is 15.9. The second-order valence-corrected chi connectivity index (χ2v) is 9.40. The highest BCUT2D eigenvalue weighted by atomic mass is 31.2. The number of hydrogen-bond donors (Lipinski definition) is 2. The standard InChI is InChI=1S/C22H27N4O6P/c1-14-3-4-18(32-14)17(27)13-26-22(28)20-16(12-23-26)11-19(24-21(20)31-2)25-8-5-15(6-9-25)7-10-33(29)30/h3-4,11-12,15,29-30H,5-10,13H2,1-2H3. The van der Waals surface area contributed by atoms with Crippen molar-refractivity contribution in [2.75, 3.05) is 31.3 Å². The number of ether oxygens (including phenoxy) is 1. The molecule has 3 aromatic heterocycles. The van der Waals surface area contributed by atoms with Gasteiger partial charge in [0.2, 0.25) is 11.7 Å². The fourth-order valence-electron chi connectivity index (χ4n) is 4.13. The fraction of sp³-hybridized carbons (Fsp3) is 0.455. The van der Waals surface area contributed by atoms with Crippen LogP contribution in [0.15, 0.2) is 33.6 Å². The van der Waals surface area contributed by atoms with Crippen molar-refractivity contribution in [3.8, 4) is 5.88 Å². The number of hydrogen-bond acceptors (Lipinski definition) is 9. The highest BCUT2D eigenvalue weighted by molar-refractivity contribution is 7.45. The summed E-state index contributed by atoms with van der Waals surface area (Å²) >= 11 is 0. The van der Waals surface area contributed by atoms with Gasteiger partial charge in [-0.05, 0) is 50.3 Å². The minimum absolute atomic E-state index is 0.180. The van der Waals surface area contributed by atoms with Crippen LogP contribution in [-0.2, 0) is 6.54 Å². The molecule has 33 heavy (non-hydrogen) atoms. The molecular formula is C22H27N4O6P. The van der Waals surface area contributed by atoms with Gasteiger partial charge in [0.05, 0.1) is 13.3 Å². The lowest BCUT2D eigenvalue weighted by atomic mass is 9.94. The van der Waals surface area contributed by atoms with Crippen LogP contribution in [0.5, 0.6) is 5.88 Å². The first-order valence-corrected chi connectivity index (χ1v) is 12.2. The largest absolute Gasteiger partial charge is 0.480 e. The molecule has 0 spiro atoms. The fourth-order valence-corrected chi connectivity index (χ4v) is 4.72. The Hall–Kier alpha value is -2.81. The van der Waals surface area contributed by atoms with E-state index in [9.17, 15) is 9.59 Å². The molecule has 176 valence electrons. The normalized spacial score (nSPS) is 14.9. The van der Waals surface area contributed by atoms with Gasteiger partial charge in [0.15, 0.2) is 14.1 Å². The number of nitrogens with zero attached hydrogens (tertiary/aromatic N) is 4. The molecule has 2 N–H and O–H groups in total. The average Bonchev–Trinajstić information content (AvgIpc) is 3.25. The first kappa shape index (κ1) is 23.4. The van der Waals surface area contributed by atoms with Gasteiger partial charge in [0, 0.05) is 24.6 Å². The van der Waals surface area contributed by atoms with Gasteiger partial charge in [-0.2, -0.15) is 10.1 Å². The van der Waals surface area contributed by atoms with Crippen molar-refractivity contribution in [2.45, 2.75) is 32.7 Å². The van der Waals surface area contributed by atoms with Gasteiger partial charge < -0.3 is 23.8 Å². The number of carbonyl (C=O) groups is 1. The van der Waals surface area contributed by atoms with Gasteiger partial charge in [-0.15, -0.1) is 0 Å². The smallest absolute Gasteiger partial charge is 0.280 e. The molecule has 0 aliphatic carbocycles. The summed E-state index contributed by atoms with van der Waals surface area (Å²) in [5.74, 6) is 1.80. The summed E-state index contributed by atoms with van der Waals surface area (Å²) in [5.41, 5.74) is -0.455. The lowest BCUT2D eigenvalue weighted by molar-refractivity contribution is 0.0937. The van der Waals surface area contributed by atoms with E-state index in [0.29, 0.717) is 29.0 Å². The molecule has 1 aliphatic rings. The Kier molecular flexibility index (Phi) is 7.07. The zero-order valence-corrected chi connectivity index (χ0v) is 19.5. The molecule has 0 amide bonds. The van der Waals surface area contributed by atoms with Crippen LogP contribution in [0.3, 0.4) is 0 Å². The van der Waals surface area contributed by atoms with Crippen LogP contribution in [0, 0.1) is 12.8 Å². The van der Waals surface area contributed by atoms with Crippen LogP contribution in [-0.4, -0.2) is 56.7 Å². The summed E-state index contributed by atoms with van der Waals surface area (Å²) in [6, 6.07) is 5.08. The predicted molar refractivity (Wildman–Crippen MR) is 124 cm³/mol. The SMILES string of the molecule is COc1nc(N2CCC(CCP(O)O)CC2)cc2cnn(CC(=O)c3ccc(C)o3)c(=O)c12. The summed E-state index contributed by atoms with van der Waals surface area (Å²) in [5, 5.41) is 5.05. The van der Waals surface area contributed by atoms with E-state index >= 15 is 0 Å². The highest BCUT2D eigenvalue weighted by Gasteiger charge is 2.23. The maximum atomic E-state index is 13.1. The summed E-state index contributed by atoms with van der Waals surface area (Å²) in [7, 11) is -0.379. The highest BCUT2D eigenvalue weighted by Crippen LogP contribution is 2.32. The first-order valence-electron chi connectivity index (χ1n) is 10.8. The molecule has 0 aromatic carbocycles. The number of ketones is 1. The number of carbonyl (C=O) groups excluding carboxylic acids is 1. The molecule has 3 aromatic rings. The van der Waals surface area contributed by atoms with Crippen molar-refractivity contribution in [2.24, 2.45) is 5.92 Å². The Labute approximate surface area is 191 Å². The Morgan fingerprint density at radius 1 is 1.30 bits per heavy atom. The van der Waals surface area contributed by atoms with Gasteiger partial charge in [0.1, 0.15) is 23.5 Å². The zero-order valence-electron chi connectivity index (χ0n) is 18.6. The Morgan fingerprint density at radius 2 is 2.06 bits per heavy atom. The van der Waals surface area contributed by atoms with Crippen LogP contribution >= 0.6 is 8.38 Å². The monoisotopic (exact) mass is 474 g/mol. The molecule has 1 fully saturated rings. The number of aromatic nitrogens is 3. The number of fused-ring (bicyclic) bond motifs is 1. The summed E-state index contributed by atoms with van der Waals surface area (Å²) < 4.78 is 11.9. The maximum Gasteiger partial charge on any atom is 0.280 e. The van der Waals surface area contributed by atoms with Gasteiger partial charge in [-0.1, -0.05) is 0 Å². The molecule has 10 nitrogen and oxygen atoms in total. The second kappa shape index (κ2) is 9.99. The van der Waals surface area contributed by atoms with Crippen LogP contribution in [0.25, 0.3) is 10.8 Å². The van der Waals surface area contributed by atoms with E-state index in [-0.39, 0.29) is 29.4 Å². The number of Topliss-reactive ketones (excluding diaryl/α,β-unsaturated/α-hetero) is 1. The number of pyridine rings is 1. The lowest BCUT2D eigenvalue weighted by Gasteiger charge is -2.33. The Morgan fingerprint density at radius 3 is 2.70 bits per heavy atom. The minimum atomic E-state index is -1.84. The molecule has 0 bridgehead atoms.